The Kier molecular flexibility index (Phi) is 10.1. The van der Waals surface area contributed by atoms with Gasteiger partial charge in [0.2, 0.25) is 0 Å². The van der Waals surface area contributed by atoms with E-state index in [2.05, 4.69) is 66.1 Å². The van der Waals surface area contributed by atoms with Gasteiger partial charge in [0.05, 0.1) is 0 Å². The van der Waals surface area contributed by atoms with Crippen molar-refractivity contribution < 1.29 is 0 Å². The first-order valence-electron chi connectivity index (χ1n) is 9.17. The van der Waals surface area contributed by atoms with Crippen LogP contribution in [0.1, 0.15) is 99.8 Å². The summed E-state index contributed by atoms with van der Waals surface area (Å²) in [6.07, 6.45) is 14.8. The molecule has 0 bridgehead atoms. The van der Waals surface area contributed by atoms with Crippen LogP contribution in [0, 0.1) is 10.8 Å². The number of hydrogen-bond acceptors (Lipinski definition) is 1. The minimum atomic E-state index is 0.409. The maximum absolute atomic E-state index is 3.57. The summed E-state index contributed by atoms with van der Waals surface area (Å²) in [5, 5.41) is 3.57. The molecule has 0 spiro atoms. The molecule has 1 atom stereocenters. The number of allylic oxidation sites excluding steroid dienone is 1. The number of unbranched alkanes of at least 4 members (excludes halogenated alkanes) is 2. The van der Waals surface area contributed by atoms with E-state index in [1.165, 1.54) is 51.4 Å². The molecular weight excluding hydrogens is 254 g/mol. The van der Waals surface area contributed by atoms with Crippen molar-refractivity contribution in [1.82, 2.24) is 5.32 Å². The number of hydrogen-bond donors (Lipinski definition) is 1. The van der Waals surface area contributed by atoms with E-state index < -0.39 is 0 Å². The number of rotatable bonds is 11. The molecule has 1 heteroatoms. The maximum atomic E-state index is 3.57. The summed E-state index contributed by atoms with van der Waals surface area (Å²) >= 11 is 0. The van der Waals surface area contributed by atoms with Gasteiger partial charge in [-0.05, 0) is 49.1 Å². The molecule has 1 nitrogen and oxygen atoms in total. The molecule has 0 aromatic heterocycles. The molecular formula is C20H41N. The summed E-state index contributed by atoms with van der Waals surface area (Å²) in [6, 6.07) is 0.615. The van der Waals surface area contributed by atoms with Crippen molar-refractivity contribution in [2.45, 2.75) is 106 Å². The zero-order valence-corrected chi connectivity index (χ0v) is 15.9. The Labute approximate surface area is 135 Å². The lowest BCUT2D eigenvalue weighted by molar-refractivity contribution is 0.263. The topological polar surface area (TPSA) is 12.0 Å². The molecule has 0 aliphatic carbocycles. The second-order valence-corrected chi connectivity index (χ2v) is 8.20. The zero-order valence-electron chi connectivity index (χ0n) is 15.9. The first-order chi connectivity index (χ1) is 9.76. The third-order valence-corrected chi connectivity index (χ3v) is 4.91. The van der Waals surface area contributed by atoms with Gasteiger partial charge in [-0.15, -0.1) is 0 Å². The van der Waals surface area contributed by atoms with Crippen molar-refractivity contribution in [2.75, 3.05) is 0 Å². The summed E-state index contributed by atoms with van der Waals surface area (Å²) in [5.41, 5.74) is 0.980. The lowest BCUT2D eigenvalue weighted by atomic mass is 9.80. The van der Waals surface area contributed by atoms with Crippen molar-refractivity contribution in [1.29, 1.82) is 0 Å². The molecule has 0 amide bonds. The highest BCUT2D eigenvalue weighted by Gasteiger charge is 2.18. The van der Waals surface area contributed by atoms with Gasteiger partial charge in [-0.25, -0.2) is 0 Å². The monoisotopic (exact) mass is 295 g/mol. The molecule has 0 aliphatic heterocycles. The lowest BCUT2D eigenvalue weighted by Gasteiger charge is -2.26. The highest BCUT2D eigenvalue weighted by Crippen LogP contribution is 2.31. The van der Waals surface area contributed by atoms with E-state index >= 15 is 0 Å². The molecule has 0 fully saturated rings. The predicted molar refractivity (Wildman–Crippen MR) is 97.6 cm³/mol. The van der Waals surface area contributed by atoms with E-state index in [1.54, 1.807) is 0 Å². The standard InChI is InChI=1S/C20H41N/c1-8-18(17-19(4,5)6)21-16-14-12-11-13-15-20(7,9-2)10-3/h14,16,18,21H,8-13,15,17H2,1-7H3. The molecule has 1 N–H and O–H groups in total. The summed E-state index contributed by atoms with van der Waals surface area (Å²) in [4.78, 5) is 0. The second-order valence-electron chi connectivity index (χ2n) is 8.20. The molecule has 0 saturated carbocycles. The van der Waals surface area contributed by atoms with E-state index in [0.29, 0.717) is 16.9 Å². The molecule has 0 radical (unpaired) electrons. The average Bonchev–Trinajstić information content (AvgIpc) is 2.43. The van der Waals surface area contributed by atoms with Gasteiger partial charge in [0.25, 0.3) is 0 Å². The molecule has 0 saturated heterocycles. The third-order valence-electron chi connectivity index (χ3n) is 4.91. The summed E-state index contributed by atoms with van der Waals surface area (Å²) in [6.45, 7) is 16.3. The van der Waals surface area contributed by atoms with Crippen molar-refractivity contribution in [3.63, 3.8) is 0 Å². The fourth-order valence-electron chi connectivity index (χ4n) is 2.77. The molecule has 0 aromatic rings. The zero-order chi connectivity index (χ0) is 16.4. The lowest BCUT2D eigenvalue weighted by Crippen LogP contribution is -2.28. The highest BCUT2D eigenvalue weighted by molar-refractivity contribution is 4.85. The third kappa shape index (κ3) is 10.8. The first kappa shape index (κ1) is 20.5. The second kappa shape index (κ2) is 10.3. The SMILES string of the molecule is CCC(CC(C)(C)C)NC=CCCCCC(C)(CC)CC. The van der Waals surface area contributed by atoms with Gasteiger partial charge in [0.1, 0.15) is 0 Å². The number of nitrogens with one attached hydrogen (secondary N) is 1. The first-order valence-corrected chi connectivity index (χ1v) is 9.17. The van der Waals surface area contributed by atoms with E-state index in [0.717, 1.165) is 0 Å². The van der Waals surface area contributed by atoms with Crippen LogP contribution in [0.3, 0.4) is 0 Å². The Morgan fingerprint density at radius 1 is 0.952 bits per heavy atom. The molecule has 0 aliphatic rings. The van der Waals surface area contributed by atoms with Crippen LogP contribution in [-0.2, 0) is 0 Å². The summed E-state index contributed by atoms with van der Waals surface area (Å²) in [5.74, 6) is 0. The van der Waals surface area contributed by atoms with Crippen LogP contribution in [0.15, 0.2) is 12.3 Å². The smallest absolute Gasteiger partial charge is 0.0258 e. The van der Waals surface area contributed by atoms with Crippen LogP contribution >= 0.6 is 0 Å². The predicted octanol–water partition coefficient (Wildman–Crippen LogP) is 6.69. The molecule has 0 heterocycles. The van der Waals surface area contributed by atoms with E-state index in [4.69, 9.17) is 0 Å². The minimum absolute atomic E-state index is 0.409. The van der Waals surface area contributed by atoms with Crippen LogP contribution in [0.2, 0.25) is 0 Å². The van der Waals surface area contributed by atoms with Crippen molar-refractivity contribution in [3.8, 4) is 0 Å². The molecule has 0 aromatic carbocycles. The van der Waals surface area contributed by atoms with Crippen LogP contribution in [0.4, 0.5) is 0 Å². The fraction of sp³-hybridized carbons (Fsp3) is 0.900. The van der Waals surface area contributed by atoms with Crippen molar-refractivity contribution >= 4 is 0 Å². The Hall–Kier alpha value is -0.460. The van der Waals surface area contributed by atoms with Crippen LogP contribution in [0.5, 0.6) is 0 Å². The quantitative estimate of drug-likeness (QED) is 0.419. The maximum Gasteiger partial charge on any atom is 0.0258 e. The average molecular weight is 296 g/mol. The minimum Gasteiger partial charge on any atom is -0.388 e. The van der Waals surface area contributed by atoms with E-state index in [1.807, 2.05) is 0 Å². The Morgan fingerprint density at radius 2 is 1.57 bits per heavy atom. The van der Waals surface area contributed by atoms with E-state index in [-0.39, 0.29) is 0 Å². The van der Waals surface area contributed by atoms with Gasteiger partial charge in [0, 0.05) is 6.04 Å². The Morgan fingerprint density at radius 3 is 2.05 bits per heavy atom. The molecule has 0 rings (SSSR count). The van der Waals surface area contributed by atoms with Gasteiger partial charge in [0.15, 0.2) is 0 Å². The molecule has 126 valence electrons. The Balaban J connectivity index is 3.82. The normalized spacial score (nSPS) is 14.6. The van der Waals surface area contributed by atoms with Gasteiger partial charge in [-0.2, -0.15) is 0 Å². The van der Waals surface area contributed by atoms with Gasteiger partial charge in [-0.1, -0.05) is 73.8 Å². The van der Waals surface area contributed by atoms with Crippen molar-refractivity contribution in [3.05, 3.63) is 12.3 Å². The largest absolute Gasteiger partial charge is 0.388 e. The van der Waals surface area contributed by atoms with Crippen LogP contribution in [-0.4, -0.2) is 6.04 Å². The molecule has 1 unspecified atom stereocenters. The highest BCUT2D eigenvalue weighted by atomic mass is 14.9. The van der Waals surface area contributed by atoms with E-state index in [9.17, 15) is 0 Å². The van der Waals surface area contributed by atoms with Crippen molar-refractivity contribution in [2.24, 2.45) is 10.8 Å². The van der Waals surface area contributed by atoms with Crippen LogP contribution in [0.25, 0.3) is 0 Å². The van der Waals surface area contributed by atoms with Gasteiger partial charge < -0.3 is 5.32 Å². The fourth-order valence-corrected chi connectivity index (χ4v) is 2.77. The van der Waals surface area contributed by atoms with Crippen LogP contribution < -0.4 is 5.32 Å². The summed E-state index contributed by atoms with van der Waals surface area (Å²) in [7, 11) is 0. The van der Waals surface area contributed by atoms with Gasteiger partial charge >= 0.3 is 0 Å². The molecule has 21 heavy (non-hydrogen) atoms. The Bertz CT molecular complexity index is 268. The van der Waals surface area contributed by atoms with Gasteiger partial charge in [-0.3, -0.25) is 0 Å². The summed E-state index contributed by atoms with van der Waals surface area (Å²) < 4.78 is 0.